The molecule has 0 spiro atoms. The van der Waals surface area contributed by atoms with Crippen molar-refractivity contribution in [1.82, 2.24) is 36.5 Å². The summed E-state index contributed by atoms with van der Waals surface area (Å²) in [7, 11) is 0. The topological polar surface area (TPSA) is 90.2 Å². The Morgan fingerprint density at radius 3 is 0.889 bits per heavy atom. The third-order valence-corrected chi connectivity index (χ3v) is 24.6. The second-order valence-electron chi connectivity index (χ2n) is 30.7. The molecule has 0 atom stereocenters. The monoisotopic (exact) mass is 1490 g/mol. The summed E-state index contributed by atoms with van der Waals surface area (Å²) >= 11 is 0. The Hall–Kier alpha value is -16.0. The molecule has 0 saturated carbocycles. The number of aliphatic imine (C=N–C) groups is 2. The van der Waals surface area contributed by atoms with E-state index in [0.717, 1.165) is 176 Å². The highest BCUT2D eigenvalue weighted by molar-refractivity contribution is 6.33. The van der Waals surface area contributed by atoms with Gasteiger partial charge in [-0.25, -0.2) is 4.99 Å². The van der Waals surface area contributed by atoms with Crippen LogP contribution in [-0.4, -0.2) is 48.5 Å². The number of hydrogen-bond acceptors (Lipinski definition) is 1. The molecule has 0 saturated heterocycles. The minimum atomic E-state index is 0.220. The summed E-state index contributed by atoms with van der Waals surface area (Å²) in [5.41, 5.74) is 32.6. The second-order valence-corrected chi connectivity index (χ2v) is 30.7. The highest BCUT2D eigenvalue weighted by Gasteiger charge is 2.31. The summed E-state index contributed by atoms with van der Waals surface area (Å²) in [6.07, 6.45) is 0. The molecule has 25 rings (SSSR count). The fraction of sp³-hybridized carbons (Fsp3) is 0. The Bertz CT molecular complexity index is 8630. The molecule has 8 aromatic heterocycles. The first-order valence-corrected chi connectivity index (χ1v) is 39.8. The third-order valence-electron chi connectivity index (χ3n) is 24.6. The fourth-order valence-corrected chi connectivity index (χ4v) is 19.8. The van der Waals surface area contributed by atoms with E-state index in [1.165, 1.54) is 38.0 Å². The third kappa shape index (κ3) is 9.15. The van der Waals surface area contributed by atoms with E-state index in [1.807, 2.05) is 18.2 Å². The van der Waals surface area contributed by atoms with Gasteiger partial charge in [0.15, 0.2) is 0 Å². The van der Waals surface area contributed by atoms with Crippen LogP contribution < -0.4 is 5.73 Å². The summed E-state index contributed by atoms with van der Waals surface area (Å²) in [4.78, 5) is 11.6. The van der Waals surface area contributed by atoms with E-state index in [1.54, 1.807) is 0 Å². The second kappa shape index (κ2) is 24.8. The van der Waals surface area contributed by atoms with Crippen molar-refractivity contribution in [3.63, 3.8) is 0 Å². The van der Waals surface area contributed by atoms with Gasteiger partial charge in [0.05, 0.1) is 94.0 Å². The number of nitrogens with zero attached hydrogens (tertiary/aromatic N) is 10. The summed E-state index contributed by atoms with van der Waals surface area (Å²) in [5.74, 6) is 0.561. The lowest BCUT2D eigenvalue weighted by Crippen LogP contribution is -2.26. The van der Waals surface area contributed by atoms with Crippen molar-refractivity contribution >= 4 is 192 Å². The number of para-hydroxylation sites is 10. The van der Waals surface area contributed by atoms with E-state index in [-0.39, 0.29) is 5.96 Å². The molecule has 546 valence electrons. The molecule has 11 nitrogen and oxygen atoms in total. The van der Waals surface area contributed by atoms with Crippen molar-refractivity contribution in [1.29, 1.82) is 0 Å². The first-order valence-electron chi connectivity index (χ1n) is 39.8. The Labute approximate surface area is 668 Å². The number of hydrogen-bond donors (Lipinski definition) is 1. The Balaban J connectivity index is 0.762. The maximum absolute atomic E-state index is 8.23. The van der Waals surface area contributed by atoms with Crippen LogP contribution in [0.2, 0.25) is 0 Å². The first-order chi connectivity index (χ1) is 58.0. The first kappa shape index (κ1) is 64.7. The van der Waals surface area contributed by atoms with Crippen LogP contribution in [0.25, 0.3) is 214 Å². The van der Waals surface area contributed by atoms with Gasteiger partial charge in [-0.05, 0) is 121 Å². The number of rotatable bonds is 8. The minimum Gasteiger partial charge on any atom is -0.369 e. The average molecular weight is 1490 g/mol. The zero-order valence-corrected chi connectivity index (χ0v) is 63.1. The van der Waals surface area contributed by atoms with Crippen LogP contribution in [0.15, 0.2) is 399 Å². The van der Waals surface area contributed by atoms with Gasteiger partial charge in [0.2, 0.25) is 11.9 Å². The number of benzene rings is 17. The number of fused-ring (bicyclic) bond motifs is 28. The van der Waals surface area contributed by atoms with Crippen LogP contribution in [0.5, 0.6) is 0 Å². The van der Waals surface area contributed by atoms with Crippen molar-refractivity contribution in [3.05, 3.63) is 394 Å². The predicted octanol–water partition coefficient (Wildman–Crippen LogP) is 26.2. The molecule has 2 N–H and O–H groups in total. The quantitative estimate of drug-likeness (QED) is 0.119. The maximum atomic E-state index is 8.23. The summed E-state index contributed by atoms with van der Waals surface area (Å²) < 4.78 is 19.2. The lowest BCUT2D eigenvalue weighted by Gasteiger charge is -2.16. The molecule has 0 aliphatic rings. The maximum Gasteiger partial charge on any atom is 0.238 e. The van der Waals surface area contributed by atoms with E-state index in [0.29, 0.717) is 11.7 Å². The van der Waals surface area contributed by atoms with Crippen LogP contribution in [0, 0.1) is 0 Å². The van der Waals surface area contributed by atoms with Crippen molar-refractivity contribution in [2.45, 2.75) is 0 Å². The zero-order valence-electron chi connectivity index (χ0n) is 63.1. The zero-order chi connectivity index (χ0) is 76.8. The lowest BCUT2D eigenvalue weighted by atomic mass is 10.1. The molecule has 11 heteroatoms. The van der Waals surface area contributed by atoms with Gasteiger partial charge in [-0.3, -0.25) is 9.13 Å². The standard InChI is InChI=1S/C106H67N11/c1-65(66-30-7-2-8-31-66)108-106(117-94-53-28-20-45-76(94)82-57-61-86-84-58-54-79-73-42-17-25-50-91(73)112(68-34-11-4-12-35-68)97(79)99(84)115(102(86)104(82)117)70-38-15-6-16-39-70)109-105(107)116-93-52-27-19-44-75(93)81-56-60-85-83-59-55-80-74-43-18-26-51-92(74)113(98(80)100(83)114(101(85)103(81)116)69-36-13-5-14-37-69)72-41-29-40-71(62-72)111-90-49-24-22-47-78(90)88-63-95-87(64-96(88)111)77-46-21-23-48-89(77)110(95)67-32-9-3-10-33-67/h2-64H,1H2,(H2,107,108,109). The van der Waals surface area contributed by atoms with Gasteiger partial charge in [0, 0.05) is 120 Å². The van der Waals surface area contributed by atoms with E-state index >= 15 is 0 Å². The average Bonchev–Trinajstić information content (AvgIpc) is 1.53. The van der Waals surface area contributed by atoms with Gasteiger partial charge in [-0.1, -0.05) is 273 Å². The molecular weight excluding hydrogens is 1430 g/mol. The number of nitrogens with two attached hydrogens (primary N) is 1. The van der Waals surface area contributed by atoms with E-state index in [9.17, 15) is 0 Å². The van der Waals surface area contributed by atoms with Crippen LogP contribution in [0.4, 0.5) is 0 Å². The van der Waals surface area contributed by atoms with Gasteiger partial charge in [-0.15, -0.1) is 0 Å². The van der Waals surface area contributed by atoms with Crippen LogP contribution in [-0.2, 0) is 0 Å². The van der Waals surface area contributed by atoms with Crippen LogP contribution >= 0.6 is 0 Å². The Kier molecular flexibility index (Phi) is 13.7. The normalized spacial score (nSPS) is 12.6. The summed E-state index contributed by atoms with van der Waals surface area (Å²) in [6.45, 7) is 4.78. The van der Waals surface area contributed by atoms with Crippen molar-refractivity contribution in [2.24, 2.45) is 15.7 Å². The highest BCUT2D eigenvalue weighted by Crippen LogP contribution is 2.50. The van der Waals surface area contributed by atoms with Crippen LogP contribution in [0.3, 0.4) is 0 Å². The van der Waals surface area contributed by atoms with Crippen LogP contribution in [0.1, 0.15) is 5.56 Å². The molecular formula is C106H67N11. The highest BCUT2D eigenvalue weighted by atomic mass is 15.3. The molecule has 0 unspecified atom stereocenters. The fourth-order valence-electron chi connectivity index (χ4n) is 19.8. The van der Waals surface area contributed by atoms with Crippen molar-refractivity contribution < 1.29 is 0 Å². The minimum absolute atomic E-state index is 0.220. The smallest absolute Gasteiger partial charge is 0.238 e. The molecule has 17 aromatic carbocycles. The molecule has 8 heterocycles. The van der Waals surface area contributed by atoms with E-state index in [4.69, 9.17) is 22.3 Å². The summed E-state index contributed by atoms with van der Waals surface area (Å²) in [6, 6.07) is 138. The molecule has 117 heavy (non-hydrogen) atoms. The lowest BCUT2D eigenvalue weighted by molar-refractivity contribution is 1.12. The summed E-state index contributed by atoms with van der Waals surface area (Å²) in [5, 5.41) is 17.8. The predicted molar refractivity (Wildman–Crippen MR) is 490 cm³/mol. The van der Waals surface area contributed by atoms with Gasteiger partial charge in [0.25, 0.3) is 0 Å². The molecule has 0 fully saturated rings. The van der Waals surface area contributed by atoms with Gasteiger partial charge < -0.3 is 33.1 Å². The molecule has 0 radical (unpaired) electrons. The SMILES string of the molecule is C=C(/N=C(\N=C(/N)n1c2ccccc2c2ccc3c4ccc5c6ccccc6n(-c6cccc(-n7c8ccccc8c8cc9c(cc87)c7ccccc7n9-c7ccccc7)c6)c5c4n(-c4ccccc4)c3c21)n1c2ccccc2c2ccc3c4ccc5c6ccccc6n(-c6ccccc6)c5c4n(-c4ccccc4)c3c21)c1ccccc1. The van der Waals surface area contributed by atoms with Gasteiger partial charge >= 0.3 is 0 Å². The number of aromatic nitrogens is 8. The van der Waals surface area contributed by atoms with Gasteiger partial charge in [0.1, 0.15) is 0 Å². The van der Waals surface area contributed by atoms with Crippen molar-refractivity contribution in [3.8, 4) is 34.1 Å². The van der Waals surface area contributed by atoms with Gasteiger partial charge in [-0.2, -0.15) is 4.99 Å². The Morgan fingerprint density at radius 2 is 0.462 bits per heavy atom. The molecule has 0 aliphatic heterocycles. The molecule has 0 amide bonds. The van der Waals surface area contributed by atoms with E-state index in [2.05, 4.69) is 401 Å². The molecule has 25 aromatic rings. The van der Waals surface area contributed by atoms with Crippen molar-refractivity contribution in [2.75, 3.05) is 0 Å². The van der Waals surface area contributed by atoms with E-state index < -0.39 is 0 Å². The molecule has 0 bridgehead atoms. The largest absolute Gasteiger partial charge is 0.369 e. The Morgan fingerprint density at radius 1 is 0.197 bits per heavy atom. The molecule has 0 aliphatic carbocycles.